The molecule has 1 saturated heterocycles. The van der Waals surface area contributed by atoms with E-state index in [4.69, 9.17) is 17.0 Å². The van der Waals surface area contributed by atoms with E-state index in [2.05, 4.69) is 17.1 Å². The van der Waals surface area contributed by atoms with Crippen LogP contribution in [0.25, 0.3) is 0 Å². The Hall–Kier alpha value is -0.350. The van der Waals surface area contributed by atoms with Gasteiger partial charge in [-0.1, -0.05) is 12.8 Å². The molecule has 3 nitrogen and oxygen atoms in total. The molecule has 1 aliphatic carbocycles. The number of ether oxygens (including phenoxy) is 1. The second-order valence-corrected chi connectivity index (χ2v) is 6.14. The maximum atomic E-state index is 5.59. The summed E-state index contributed by atoms with van der Waals surface area (Å²) in [6.07, 6.45) is 8.20. The first-order valence-electron chi connectivity index (χ1n) is 7.28. The van der Waals surface area contributed by atoms with Gasteiger partial charge in [-0.25, -0.2) is 0 Å². The van der Waals surface area contributed by atoms with Crippen LogP contribution in [-0.4, -0.2) is 42.4 Å². The predicted molar refractivity (Wildman–Crippen MR) is 78.8 cm³/mol. The van der Waals surface area contributed by atoms with Gasteiger partial charge in [0.15, 0.2) is 5.11 Å². The Balaban J connectivity index is 1.91. The van der Waals surface area contributed by atoms with E-state index in [1.807, 2.05) is 0 Å². The van der Waals surface area contributed by atoms with Gasteiger partial charge in [0.1, 0.15) is 0 Å². The van der Waals surface area contributed by atoms with Gasteiger partial charge in [0.05, 0.1) is 6.61 Å². The van der Waals surface area contributed by atoms with Gasteiger partial charge < -0.3 is 15.0 Å². The van der Waals surface area contributed by atoms with Crippen molar-refractivity contribution in [1.82, 2.24) is 10.2 Å². The van der Waals surface area contributed by atoms with Gasteiger partial charge >= 0.3 is 0 Å². The summed E-state index contributed by atoms with van der Waals surface area (Å²) in [5.74, 6) is 0.880. The van der Waals surface area contributed by atoms with Crippen molar-refractivity contribution in [3.05, 3.63) is 0 Å². The molecule has 1 heterocycles. The van der Waals surface area contributed by atoms with Crippen molar-refractivity contribution in [2.24, 2.45) is 5.92 Å². The molecule has 0 aromatic heterocycles. The Labute approximate surface area is 116 Å². The summed E-state index contributed by atoms with van der Waals surface area (Å²) in [4.78, 5) is 2.45. The average Bonchev–Trinajstić information content (AvgIpc) is 2.38. The molecular formula is C14H26N2OS. The van der Waals surface area contributed by atoms with Gasteiger partial charge in [-0.2, -0.15) is 0 Å². The highest BCUT2D eigenvalue weighted by Crippen LogP contribution is 2.35. The molecular weight excluding hydrogens is 244 g/mol. The van der Waals surface area contributed by atoms with E-state index in [-0.39, 0.29) is 0 Å². The maximum absolute atomic E-state index is 5.59. The molecule has 1 N–H and O–H groups in total. The molecule has 0 aromatic carbocycles. The lowest BCUT2D eigenvalue weighted by Crippen LogP contribution is -2.54. The van der Waals surface area contributed by atoms with Crippen molar-refractivity contribution in [1.29, 1.82) is 0 Å². The Morgan fingerprint density at radius 1 is 1.33 bits per heavy atom. The van der Waals surface area contributed by atoms with Crippen LogP contribution in [0.5, 0.6) is 0 Å². The summed E-state index contributed by atoms with van der Waals surface area (Å²) in [5.41, 5.74) is 0. The highest BCUT2D eigenvalue weighted by molar-refractivity contribution is 7.80. The number of hydrogen-bond donors (Lipinski definition) is 1. The number of nitrogens with zero attached hydrogens (tertiary/aromatic N) is 1. The van der Waals surface area contributed by atoms with Crippen LogP contribution in [0.4, 0.5) is 0 Å². The van der Waals surface area contributed by atoms with Gasteiger partial charge in [-0.05, 0) is 50.7 Å². The summed E-state index contributed by atoms with van der Waals surface area (Å²) < 4.78 is 5.16. The normalized spacial score (nSPS) is 29.6. The zero-order valence-corrected chi connectivity index (χ0v) is 12.5. The number of methoxy groups -OCH3 is 1. The van der Waals surface area contributed by atoms with E-state index in [0.29, 0.717) is 18.7 Å². The van der Waals surface area contributed by atoms with Crippen molar-refractivity contribution < 1.29 is 4.74 Å². The monoisotopic (exact) mass is 270 g/mol. The smallest absolute Gasteiger partial charge is 0.169 e. The van der Waals surface area contributed by atoms with Crippen molar-refractivity contribution in [3.63, 3.8) is 0 Å². The Morgan fingerprint density at radius 3 is 2.83 bits per heavy atom. The van der Waals surface area contributed by atoms with Gasteiger partial charge in [0, 0.05) is 25.7 Å². The zero-order valence-electron chi connectivity index (χ0n) is 11.7. The fourth-order valence-corrected chi connectivity index (χ4v) is 3.89. The number of fused-ring (bicyclic) bond motifs is 1. The van der Waals surface area contributed by atoms with Crippen molar-refractivity contribution in [2.45, 2.75) is 57.5 Å². The Morgan fingerprint density at radius 2 is 2.06 bits per heavy atom. The second kappa shape index (κ2) is 6.71. The molecule has 1 aliphatic heterocycles. The predicted octanol–water partition coefficient (Wildman–Crippen LogP) is 2.55. The number of nitrogens with one attached hydrogen (secondary N) is 1. The second-order valence-electron chi connectivity index (χ2n) is 5.75. The first-order valence-corrected chi connectivity index (χ1v) is 7.69. The lowest BCUT2D eigenvalue weighted by atomic mass is 9.78. The molecule has 0 spiro atoms. The lowest BCUT2D eigenvalue weighted by molar-refractivity contribution is 0.115. The van der Waals surface area contributed by atoms with Crippen LogP contribution in [-0.2, 0) is 4.74 Å². The largest absolute Gasteiger partial charge is 0.383 e. The highest BCUT2D eigenvalue weighted by Gasteiger charge is 2.34. The summed E-state index contributed by atoms with van der Waals surface area (Å²) >= 11 is 5.59. The van der Waals surface area contributed by atoms with E-state index in [1.54, 1.807) is 7.11 Å². The third-order valence-corrected chi connectivity index (χ3v) is 4.64. The molecule has 2 aliphatic rings. The first-order chi connectivity index (χ1) is 8.72. The zero-order chi connectivity index (χ0) is 13.0. The number of hydrogen-bond acceptors (Lipinski definition) is 2. The minimum absolute atomic E-state index is 0.298. The highest BCUT2D eigenvalue weighted by atomic mass is 32.1. The third-order valence-electron chi connectivity index (χ3n) is 4.29. The van der Waals surface area contributed by atoms with E-state index >= 15 is 0 Å². The van der Waals surface area contributed by atoms with Crippen molar-refractivity contribution in [2.75, 3.05) is 20.3 Å². The lowest BCUT2D eigenvalue weighted by Gasteiger charge is -2.45. The van der Waals surface area contributed by atoms with E-state index in [0.717, 1.165) is 17.6 Å². The standard InChI is InChI=1S/C14H26N2OS/c1-11(10-17-2)15-14(18)16-9-5-7-12-6-3-4-8-13(12)16/h11-13H,3-10H2,1-2H3,(H,15,18). The third kappa shape index (κ3) is 3.35. The number of thiocarbonyl (C=S) groups is 1. The summed E-state index contributed by atoms with van der Waals surface area (Å²) in [6, 6.07) is 0.994. The molecule has 0 amide bonds. The molecule has 4 heteroatoms. The number of likely N-dealkylation sites (tertiary alicyclic amines) is 1. The molecule has 3 atom stereocenters. The fourth-order valence-electron chi connectivity index (χ4n) is 3.46. The van der Waals surface area contributed by atoms with Crippen LogP contribution in [0.1, 0.15) is 45.4 Å². The SMILES string of the molecule is COCC(C)NC(=S)N1CCCC2CCCCC21. The molecule has 2 fully saturated rings. The van der Waals surface area contributed by atoms with E-state index in [9.17, 15) is 0 Å². The summed E-state index contributed by atoms with van der Waals surface area (Å²) in [7, 11) is 1.74. The maximum Gasteiger partial charge on any atom is 0.169 e. The van der Waals surface area contributed by atoms with Gasteiger partial charge in [0.2, 0.25) is 0 Å². The Kier molecular flexibility index (Phi) is 5.25. The van der Waals surface area contributed by atoms with Crippen LogP contribution in [0.3, 0.4) is 0 Å². The van der Waals surface area contributed by atoms with Gasteiger partial charge in [0.25, 0.3) is 0 Å². The minimum Gasteiger partial charge on any atom is -0.383 e. The van der Waals surface area contributed by atoms with Crippen LogP contribution in [0, 0.1) is 5.92 Å². The summed E-state index contributed by atoms with van der Waals surface area (Å²) in [6.45, 7) is 3.97. The molecule has 0 radical (unpaired) electrons. The van der Waals surface area contributed by atoms with Gasteiger partial charge in [-0.15, -0.1) is 0 Å². The van der Waals surface area contributed by atoms with Gasteiger partial charge in [-0.3, -0.25) is 0 Å². The molecule has 0 aromatic rings. The molecule has 1 saturated carbocycles. The molecule has 2 rings (SSSR count). The molecule has 3 unspecified atom stereocenters. The quantitative estimate of drug-likeness (QED) is 0.797. The molecule has 0 bridgehead atoms. The first kappa shape index (κ1) is 14.1. The molecule has 104 valence electrons. The van der Waals surface area contributed by atoms with E-state index < -0.39 is 0 Å². The summed E-state index contributed by atoms with van der Waals surface area (Å²) in [5, 5.41) is 4.36. The van der Waals surface area contributed by atoms with Crippen molar-refractivity contribution >= 4 is 17.3 Å². The minimum atomic E-state index is 0.298. The van der Waals surface area contributed by atoms with Crippen LogP contribution in [0.15, 0.2) is 0 Å². The average molecular weight is 270 g/mol. The molecule has 18 heavy (non-hydrogen) atoms. The van der Waals surface area contributed by atoms with Crippen LogP contribution < -0.4 is 5.32 Å². The fraction of sp³-hybridized carbons (Fsp3) is 0.929. The van der Waals surface area contributed by atoms with Crippen LogP contribution >= 0.6 is 12.2 Å². The topological polar surface area (TPSA) is 24.5 Å². The van der Waals surface area contributed by atoms with Crippen LogP contribution in [0.2, 0.25) is 0 Å². The van der Waals surface area contributed by atoms with E-state index in [1.165, 1.54) is 38.5 Å². The van der Waals surface area contributed by atoms with Crippen molar-refractivity contribution in [3.8, 4) is 0 Å². The number of piperidine rings is 1. The Bertz CT molecular complexity index is 283. The number of rotatable bonds is 3.